The topological polar surface area (TPSA) is 52.0 Å². The second-order valence-corrected chi connectivity index (χ2v) is 3.01. The molecule has 0 amide bonds. The molecule has 0 aliphatic carbocycles. The van der Waals surface area contributed by atoms with Crippen molar-refractivity contribution in [2.24, 2.45) is 0 Å². The maximum atomic E-state index is 8.46. The summed E-state index contributed by atoms with van der Waals surface area (Å²) >= 11 is 0. The minimum absolute atomic E-state index is 0.528. The van der Waals surface area contributed by atoms with Crippen LogP contribution in [0.4, 0.5) is 11.4 Å². The molecule has 0 aromatic carbocycles. The molecule has 1 aromatic heterocycles. The molecule has 1 rings (SSSR count). The number of nitrogens with zero attached hydrogens (tertiary/aromatic N) is 3. The van der Waals surface area contributed by atoms with E-state index < -0.39 is 0 Å². The predicted molar refractivity (Wildman–Crippen MR) is 57.3 cm³/mol. The van der Waals surface area contributed by atoms with E-state index in [1.165, 1.54) is 0 Å². The summed E-state index contributed by atoms with van der Waals surface area (Å²) in [6.07, 6.45) is 4.08. The highest BCUT2D eigenvalue weighted by atomic mass is 15.1. The van der Waals surface area contributed by atoms with Crippen LogP contribution < -0.4 is 10.2 Å². The van der Waals surface area contributed by atoms with E-state index in [-0.39, 0.29) is 0 Å². The van der Waals surface area contributed by atoms with Crippen LogP contribution >= 0.6 is 0 Å². The van der Waals surface area contributed by atoms with Gasteiger partial charge < -0.3 is 10.2 Å². The average Bonchev–Trinajstić information content (AvgIpc) is 2.26. The maximum Gasteiger partial charge on any atom is 0.0640 e. The van der Waals surface area contributed by atoms with Crippen molar-refractivity contribution in [2.75, 3.05) is 30.9 Å². The third-order valence-corrected chi connectivity index (χ3v) is 2.01. The van der Waals surface area contributed by atoms with Crippen LogP contribution in [0.1, 0.15) is 6.42 Å². The van der Waals surface area contributed by atoms with Crippen molar-refractivity contribution in [1.29, 1.82) is 5.26 Å². The van der Waals surface area contributed by atoms with Gasteiger partial charge in [0.05, 0.1) is 36.3 Å². The van der Waals surface area contributed by atoms with E-state index in [0.29, 0.717) is 6.42 Å². The molecule has 0 spiro atoms. The lowest BCUT2D eigenvalue weighted by atomic mass is 10.3. The zero-order valence-electron chi connectivity index (χ0n) is 8.49. The SMILES string of the molecule is CNc1cncc(N(C)CCC#N)c1. The quantitative estimate of drug-likeness (QED) is 0.781. The highest BCUT2D eigenvalue weighted by Gasteiger charge is 2.00. The van der Waals surface area contributed by atoms with Gasteiger partial charge in [-0.1, -0.05) is 0 Å². The van der Waals surface area contributed by atoms with E-state index in [0.717, 1.165) is 17.9 Å². The van der Waals surface area contributed by atoms with E-state index >= 15 is 0 Å². The van der Waals surface area contributed by atoms with E-state index in [4.69, 9.17) is 5.26 Å². The van der Waals surface area contributed by atoms with Crippen molar-refractivity contribution >= 4 is 11.4 Å². The first-order chi connectivity index (χ1) is 6.77. The Balaban J connectivity index is 2.70. The van der Waals surface area contributed by atoms with E-state index in [9.17, 15) is 0 Å². The minimum Gasteiger partial charge on any atom is -0.387 e. The molecule has 14 heavy (non-hydrogen) atoms. The van der Waals surface area contributed by atoms with Gasteiger partial charge in [-0.25, -0.2) is 0 Å². The second-order valence-electron chi connectivity index (χ2n) is 3.01. The first kappa shape index (κ1) is 10.3. The molecule has 4 heteroatoms. The van der Waals surface area contributed by atoms with Gasteiger partial charge >= 0.3 is 0 Å². The molecule has 0 aliphatic rings. The Bertz CT molecular complexity index is 329. The molecule has 0 aliphatic heterocycles. The van der Waals surface area contributed by atoms with Crippen molar-refractivity contribution < 1.29 is 0 Å². The Kier molecular flexibility index (Phi) is 3.74. The monoisotopic (exact) mass is 190 g/mol. The molecule has 0 unspecified atom stereocenters. The molecule has 4 nitrogen and oxygen atoms in total. The number of hydrogen-bond acceptors (Lipinski definition) is 4. The molecule has 0 saturated carbocycles. The maximum absolute atomic E-state index is 8.46. The fraction of sp³-hybridized carbons (Fsp3) is 0.400. The highest BCUT2D eigenvalue weighted by Crippen LogP contribution is 2.15. The minimum atomic E-state index is 0.528. The van der Waals surface area contributed by atoms with Crippen molar-refractivity contribution in [2.45, 2.75) is 6.42 Å². The number of rotatable bonds is 4. The predicted octanol–water partition coefficient (Wildman–Crippen LogP) is 1.47. The molecule has 1 N–H and O–H groups in total. The zero-order chi connectivity index (χ0) is 10.4. The fourth-order valence-corrected chi connectivity index (χ4v) is 1.12. The summed E-state index contributed by atoms with van der Waals surface area (Å²) in [7, 11) is 3.81. The first-order valence-electron chi connectivity index (χ1n) is 4.49. The Morgan fingerprint density at radius 1 is 1.57 bits per heavy atom. The molecule has 0 radical (unpaired) electrons. The lowest BCUT2D eigenvalue weighted by molar-refractivity contribution is 0.901. The number of anilines is 2. The summed E-state index contributed by atoms with van der Waals surface area (Å²) in [5, 5.41) is 11.5. The van der Waals surface area contributed by atoms with Gasteiger partial charge in [0.2, 0.25) is 0 Å². The molecule has 0 fully saturated rings. The molecule has 1 aromatic rings. The lowest BCUT2D eigenvalue weighted by Crippen LogP contribution is -2.18. The van der Waals surface area contributed by atoms with Crippen LogP contribution in [0.15, 0.2) is 18.5 Å². The second kappa shape index (κ2) is 5.07. The largest absolute Gasteiger partial charge is 0.387 e. The van der Waals surface area contributed by atoms with Crippen LogP contribution in [0.25, 0.3) is 0 Å². The third-order valence-electron chi connectivity index (χ3n) is 2.01. The zero-order valence-corrected chi connectivity index (χ0v) is 8.49. The van der Waals surface area contributed by atoms with Gasteiger partial charge in [-0.15, -0.1) is 0 Å². The molecule has 0 atom stereocenters. The number of pyridine rings is 1. The standard InChI is InChI=1S/C10H14N4/c1-12-9-6-10(8-13-7-9)14(2)5-3-4-11/h6-8,12H,3,5H2,1-2H3. The van der Waals surface area contributed by atoms with Crippen LogP contribution in [0.5, 0.6) is 0 Å². The Labute approximate surface area is 84.2 Å². The van der Waals surface area contributed by atoms with Crippen LogP contribution in [-0.2, 0) is 0 Å². The number of nitriles is 1. The van der Waals surface area contributed by atoms with Crippen molar-refractivity contribution in [3.05, 3.63) is 18.5 Å². The molecular weight excluding hydrogens is 176 g/mol. The van der Waals surface area contributed by atoms with Crippen LogP contribution in [-0.4, -0.2) is 25.6 Å². The van der Waals surface area contributed by atoms with Crippen LogP contribution in [0.3, 0.4) is 0 Å². The fourth-order valence-electron chi connectivity index (χ4n) is 1.12. The summed E-state index contributed by atoms with van der Waals surface area (Å²) in [4.78, 5) is 6.11. The van der Waals surface area contributed by atoms with Gasteiger partial charge in [-0.2, -0.15) is 5.26 Å². The average molecular weight is 190 g/mol. The van der Waals surface area contributed by atoms with Crippen LogP contribution in [0, 0.1) is 11.3 Å². The van der Waals surface area contributed by atoms with Gasteiger partial charge in [0, 0.05) is 20.6 Å². The number of hydrogen-bond donors (Lipinski definition) is 1. The van der Waals surface area contributed by atoms with Crippen molar-refractivity contribution in [3.8, 4) is 6.07 Å². The molecule has 74 valence electrons. The molecule has 0 bridgehead atoms. The molecule has 0 saturated heterocycles. The van der Waals surface area contributed by atoms with Crippen molar-refractivity contribution in [3.63, 3.8) is 0 Å². The summed E-state index contributed by atoms with van der Waals surface area (Å²) in [6, 6.07) is 4.12. The van der Waals surface area contributed by atoms with Crippen LogP contribution in [0.2, 0.25) is 0 Å². The van der Waals surface area contributed by atoms with Crippen molar-refractivity contribution in [1.82, 2.24) is 4.98 Å². The van der Waals surface area contributed by atoms with E-state index in [1.54, 1.807) is 12.4 Å². The summed E-state index contributed by atoms with van der Waals surface area (Å²) in [5.41, 5.74) is 2.00. The molecular formula is C10H14N4. The Hall–Kier alpha value is -1.76. The highest BCUT2D eigenvalue weighted by molar-refractivity contribution is 5.54. The Morgan fingerprint density at radius 3 is 3.00 bits per heavy atom. The van der Waals surface area contributed by atoms with E-state index in [2.05, 4.69) is 16.4 Å². The van der Waals surface area contributed by atoms with Gasteiger partial charge in [-0.05, 0) is 6.07 Å². The number of nitrogens with one attached hydrogen (secondary N) is 1. The molecule has 1 heterocycles. The van der Waals surface area contributed by atoms with E-state index in [1.807, 2.05) is 25.1 Å². The summed E-state index contributed by atoms with van der Waals surface area (Å²) < 4.78 is 0. The van der Waals surface area contributed by atoms with Gasteiger partial charge in [-0.3, -0.25) is 4.98 Å². The number of aromatic nitrogens is 1. The van der Waals surface area contributed by atoms with Gasteiger partial charge in [0.1, 0.15) is 0 Å². The first-order valence-corrected chi connectivity index (χ1v) is 4.49. The summed E-state index contributed by atoms with van der Waals surface area (Å²) in [5.74, 6) is 0. The summed E-state index contributed by atoms with van der Waals surface area (Å²) in [6.45, 7) is 0.728. The lowest BCUT2D eigenvalue weighted by Gasteiger charge is -2.17. The smallest absolute Gasteiger partial charge is 0.0640 e. The normalized spacial score (nSPS) is 9.21. The van der Waals surface area contributed by atoms with Gasteiger partial charge in [0.25, 0.3) is 0 Å². The van der Waals surface area contributed by atoms with Gasteiger partial charge in [0.15, 0.2) is 0 Å². The third kappa shape index (κ3) is 2.63. The Morgan fingerprint density at radius 2 is 2.36 bits per heavy atom.